The third kappa shape index (κ3) is 4.42. The molecule has 0 saturated heterocycles. The molecule has 5 nitrogen and oxygen atoms in total. The third-order valence-corrected chi connectivity index (χ3v) is 5.46. The van der Waals surface area contributed by atoms with E-state index in [1.165, 1.54) is 0 Å². The van der Waals surface area contributed by atoms with Crippen LogP contribution in [0.15, 0.2) is 48.5 Å². The number of carbonyl (C=O) groups excluding carboxylic acids is 2. The van der Waals surface area contributed by atoms with Crippen LogP contribution in [0.3, 0.4) is 0 Å². The molecule has 1 fully saturated rings. The van der Waals surface area contributed by atoms with E-state index in [4.69, 9.17) is 4.74 Å². The number of amides is 2. The van der Waals surface area contributed by atoms with E-state index < -0.39 is 5.41 Å². The van der Waals surface area contributed by atoms with E-state index in [-0.39, 0.29) is 11.8 Å². The summed E-state index contributed by atoms with van der Waals surface area (Å²) in [6, 6.07) is 15.1. The van der Waals surface area contributed by atoms with E-state index in [1.54, 1.807) is 7.11 Å². The van der Waals surface area contributed by atoms with Crippen LogP contribution in [0.4, 0.5) is 5.69 Å². The van der Waals surface area contributed by atoms with Gasteiger partial charge in [-0.15, -0.1) is 0 Å². The highest BCUT2D eigenvalue weighted by Crippen LogP contribution is 2.44. The molecule has 2 amide bonds. The first kappa shape index (κ1) is 20.1. The molecule has 0 heterocycles. The number of hydrogen-bond donors (Lipinski definition) is 2. The van der Waals surface area contributed by atoms with Gasteiger partial charge >= 0.3 is 0 Å². The maximum absolute atomic E-state index is 12.8. The number of anilines is 1. The van der Waals surface area contributed by atoms with E-state index in [0.717, 1.165) is 42.5 Å². The Morgan fingerprint density at radius 1 is 1.04 bits per heavy atom. The van der Waals surface area contributed by atoms with Crippen molar-refractivity contribution >= 4 is 17.5 Å². The lowest BCUT2D eigenvalue weighted by Crippen LogP contribution is -2.49. The Kier molecular flexibility index (Phi) is 6.47. The van der Waals surface area contributed by atoms with Crippen LogP contribution in [-0.2, 0) is 14.9 Å². The van der Waals surface area contributed by atoms with Gasteiger partial charge in [-0.1, -0.05) is 36.2 Å². The number of nitrogens with one attached hydrogen (secondary N) is 2. The summed E-state index contributed by atoms with van der Waals surface area (Å²) in [6.45, 7) is 3.26. The molecule has 0 aliphatic heterocycles. The van der Waals surface area contributed by atoms with Crippen molar-refractivity contribution in [3.05, 3.63) is 65.2 Å². The number of benzene rings is 2. The van der Waals surface area contributed by atoms with Gasteiger partial charge in [0, 0.05) is 31.5 Å². The van der Waals surface area contributed by atoms with Crippen molar-refractivity contribution in [1.29, 1.82) is 0 Å². The number of methoxy groups -OCH3 is 1. The van der Waals surface area contributed by atoms with Gasteiger partial charge in [0.05, 0.1) is 5.41 Å². The quantitative estimate of drug-likeness (QED) is 0.684. The van der Waals surface area contributed by atoms with Crippen LogP contribution in [0.5, 0.6) is 0 Å². The maximum atomic E-state index is 12.8. The molecule has 0 aromatic heterocycles. The Hall–Kier alpha value is -2.66. The van der Waals surface area contributed by atoms with Crippen LogP contribution >= 0.6 is 0 Å². The monoisotopic (exact) mass is 380 g/mol. The van der Waals surface area contributed by atoms with Crippen LogP contribution in [0.2, 0.25) is 0 Å². The molecule has 1 saturated carbocycles. The number of carbonyl (C=O) groups is 2. The van der Waals surface area contributed by atoms with Gasteiger partial charge in [0.25, 0.3) is 5.91 Å². The van der Waals surface area contributed by atoms with Crippen LogP contribution in [-0.4, -0.2) is 32.1 Å². The van der Waals surface area contributed by atoms with Crippen molar-refractivity contribution < 1.29 is 14.3 Å². The summed E-state index contributed by atoms with van der Waals surface area (Å²) in [5, 5.41) is 5.96. The molecule has 0 radical (unpaired) electrons. The average Bonchev–Trinajstić information content (AvgIpc) is 2.66. The number of hydrogen-bond acceptors (Lipinski definition) is 3. The zero-order valence-corrected chi connectivity index (χ0v) is 16.6. The van der Waals surface area contributed by atoms with Crippen LogP contribution in [0.1, 0.15) is 47.2 Å². The average molecular weight is 380 g/mol. The lowest BCUT2D eigenvalue weighted by molar-refractivity contribution is -0.129. The zero-order valence-electron chi connectivity index (χ0n) is 16.6. The lowest BCUT2D eigenvalue weighted by Gasteiger charge is -2.40. The first-order valence-corrected chi connectivity index (χ1v) is 9.81. The van der Waals surface area contributed by atoms with Crippen molar-refractivity contribution in [2.75, 3.05) is 25.6 Å². The minimum absolute atomic E-state index is 0.0892. The van der Waals surface area contributed by atoms with Gasteiger partial charge < -0.3 is 15.4 Å². The first-order chi connectivity index (χ1) is 13.5. The Bertz CT molecular complexity index is 809. The molecule has 148 valence electrons. The maximum Gasteiger partial charge on any atom is 0.255 e. The smallest absolute Gasteiger partial charge is 0.255 e. The van der Waals surface area contributed by atoms with Gasteiger partial charge in [-0.25, -0.2) is 0 Å². The van der Waals surface area contributed by atoms with Crippen LogP contribution < -0.4 is 10.6 Å². The normalized spacial score (nSPS) is 14.8. The molecule has 3 rings (SSSR count). The second-order valence-electron chi connectivity index (χ2n) is 7.44. The fraction of sp³-hybridized carbons (Fsp3) is 0.391. The summed E-state index contributed by atoms with van der Waals surface area (Å²) in [5.41, 5.74) is 3.04. The highest BCUT2D eigenvalue weighted by molar-refractivity contribution is 6.04. The SMILES string of the molecule is COCCCNC(=O)C1(c2ccc(NC(=O)c3ccc(C)cc3)cc2)CCC1. The topological polar surface area (TPSA) is 67.4 Å². The summed E-state index contributed by atoms with van der Waals surface area (Å²) in [7, 11) is 1.66. The minimum Gasteiger partial charge on any atom is -0.385 e. The van der Waals surface area contributed by atoms with Crippen LogP contribution in [0, 0.1) is 6.92 Å². The molecule has 0 atom stereocenters. The standard InChI is InChI=1S/C23H28N2O3/c1-17-5-7-18(8-6-17)21(26)25-20-11-9-19(10-12-20)23(13-3-14-23)22(27)24-15-4-16-28-2/h5-12H,3-4,13-16H2,1-2H3,(H,24,27)(H,25,26). The van der Waals surface area contributed by atoms with Crippen molar-refractivity contribution in [3.63, 3.8) is 0 Å². The molecule has 0 unspecified atom stereocenters. The molecule has 0 bridgehead atoms. The molecule has 2 aromatic carbocycles. The van der Waals surface area contributed by atoms with Gasteiger partial charge in [0.2, 0.25) is 5.91 Å². The second kappa shape index (κ2) is 9.02. The van der Waals surface area contributed by atoms with Gasteiger partial charge in [-0.05, 0) is 56.0 Å². The van der Waals surface area contributed by atoms with Gasteiger partial charge in [0.1, 0.15) is 0 Å². The molecule has 1 aliphatic rings. The summed E-state index contributed by atoms with van der Waals surface area (Å²) in [5.74, 6) is -0.0479. The van der Waals surface area contributed by atoms with Crippen LogP contribution in [0.25, 0.3) is 0 Å². The summed E-state index contributed by atoms with van der Waals surface area (Å²) in [4.78, 5) is 25.1. The second-order valence-corrected chi connectivity index (χ2v) is 7.44. The van der Waals surface area contributed by atoms with Crippen molar-refractivity contribution in [3.8, 4) is 0 Å². The molecular formula is C23H28N2O3. The first-order valence-electron chi connectivity index (χ1n) is 9.81. The Labute approximate surface area is 166 Å². The predicted octanol–water partition coefficient (Wildman–Crippen LogP) is 3.82. The highest BCUT2D eigenvalue weighted by atomic mass is 16.5. The molecule has 1 aliphatic carbocycles. The fourth-order valence-corrected chi connectivity index (χ4v) is 3.55. The molecule has 2 N–H and O–H groups in total. The Morgan fingerprint density at radius 3 is 2.29 bits per heavy atom. The number of rotatable bonds is 8. The van der Waals surface area contributed by atoms with Gasteiger partial charge in [-0.3, -0.25) is 9.59 Å². The molecular weight excluding hydrogens is 352 g/mol. The third-order valence-electron chi connectivity index (χ3n) is 5.46. The highest BCUT2D eigenvalue weighted by Gasteiger charge is 2.45. The molecule has 2 aromatic rings. The molecule has 5 heteroatoms. The summed E-state index contributed by atoms with van der Waals surface area (Å²) in [6.07, 6.45) is 3.58. The Morgan fingerprint density at radius 2 is 1.71 bits per heavy atom. The van der Waals surface area contributed by atoms with Crippen molar-refractivity contribution in [2.45, 2.75) is 38.0 Å². The van der Waals surface area contributed by atoms with E-state index in [1.807, 2.05) is 55.5 Å². The predicted molar refractivity (Wildman–Crippen MR) is 111 cm³/mol. The van der Waals surface area contributed by atoms with Crippen molar-refractivity contribution in [2.24, 2.45) is 0 Å². The molecule has 0 spiro atoms. The summed E-state index contributed by atoms with van der Waals surface area (Å²) < 4.78 is 5.03. The van der Waals surface area contributed by atoms with Gasteiger partial charge in [0.15, 0.2) is 0 Å². The largest absolute Gasteiger partial charge is 0.385 e. The number of ether oxygens (including phenoxy) is 1. The van der Waals surface area contributed by atoms with E-state index in [9.17, 15) is 9.59 Å². The van der Waals surface area contributed by atoms with Gasteiger partial charge in [-0.2, -0.15) is 0 Å². The van der Waals surface area contributed by atoms with E-state index in [2.05, 4.69) is 10.6 Å². The summed E-state index contributed by atoms with van der Waals surface area (Å²) >= 11 is 0. The molecule has 28 heavy (non-hydrogen) atoms. The lowest BCUT2D eigenvalue weighted by atomic mass is 9.64. The fourth-order valence-electron chi connectivity index (χ4n) is 3.55. The van der Waals surface area contributed by atoms with Crippen molar-refractivity contribution in [1.82, 2.24) is 5.32 Å². The van der Waals surface area contributed by atoms with E-state index in [0.29, 0.717) is 18.7 Å². The zero-order chi connectivity index (χ0) is 20.0. The minimum atomic E-state index is -0.438. The Balaban J connectivity index is 1.64. The van der Waals surface area contributed by atoms with E-state index >= 15 is 0 Å². The number of aryl methyl sites for hydroxylation is 1.